The first-order chi connectivity index (χ1) is 10.3. The van der Waals surface area contributed by atoms with Crippen LogP contribution in [0.4, 0.5) is 18.0 Å². The molecule has 0 aromatic heterocycles. The van der Waals surface area contributed by atoms with Gasteiger partial charge in [-0.2, -0.15) is 13.2 Å². The number of hydrogen-bond acceptors (Lipinski definition) is 2. The number of halogens is 3. The van der Waals surface area contributed by atoms with Crippen LogP contribution >= 0.6 is 0 Å². The van der Waals surface area contributed by atoms with Crippen LogP contribution in [0.1, 0.15) is 30.9 Å². The molecule has 0 bridgehead atoms. The Morgan fingerprint density at radius 1 is 1.36 bits per heavy atom. The molecule has 3 nitrogen and oxygen atoms in total. The third-order valence-electron chi connectivity index (χ3n) is 3.31. The van der Waals surface area contributed by atoms with Crippen LogP contribution in [0.5, 0.6) is 0 Å². The number of nitrogens with zero attached hydrogens (tertiary/aromatic N) is 1. The fraction of sp³-hybridized carbons (Fsp3) is 0.312. The van der Waals surface area contributed by atoms with Crippen molar-refractivity contribution >= 4 is 6.09 Å². The number of ether oxygens (including phenoxy) is 1. The Hall–Kier alpha value is -2.24. The van der Waals surface area contributed by atoms with Gasteiger partial charge in [0, 0.05) is 17.8 Å². The Kier molecular flexibility index (Phi) is 4.59. The van der Waals surface area contributed by atoms with Crippen molar-refractivity contribution in [3.63, 3.8) is 0 Å². The van der Waals surface area contributed by atoms with Gasteiger partial charge in [0.25, 0.3) is 0 Å². The van der Waals surface area contributed by atoms with Crippen LogP contribution in [-0.2, 0) is 10.9 Å². The van der Waals surface area contributed by atoms with Crippen molar-refractivity contribution in [1.82, 2.24) is 4.90 Å². The summed E-state index contributed by atoms with van der Waals surface area (Å²) in [6.45, 7) is 3.67. The van der Waals surface area contributed by atoms with Gasteiger partial charge in [-0.3, -0.25) is 4.90 Å². The zero-order valence-electron chi connectivity index (χ0n) is 12.2. The zero-order chi connectivity index (χ0) is 16.3. The quantitative estimate of drug-likeness (QED) is 0.793. The summed E-state index contributed by atoms with van der Waals surface area (Å²) in [6, 6.07) is 5.18. The molecule has 2 rings (SSSR count). The number of benzene rings is 1. The van der Waals surface area contributed by atoms with E-state index < -0.39 is 17.8 Å². The molecular weight excluding hydrogens is 295 g/mol. The Balaban J connectivity index is 2.23. The molecule has 1 amide bonds. The topological polar surface area (TPSA) is 29.5 Å². The van der Waals surface area contributed by atoms with Gasteiger partial charge < -0.3 is 4.74 Å². The molecule has 0 N–H and O–H groups in total. The lowest BCUT2D eigenvalue weighted by Crippen LogP contribution is -2.27. The highest BCUT2D eigenvalue weighted by Crippen LogP contribution is 2.33. The van der Waals surface area contributed by atoms with E-state index >= 15 is 0 Å². The van der Waals surface area contributed by atoms with E-state index in [1.165, 1.54) is 17.2 Å². The second-order valence-corrected chi connectivity index (χ2v) is 4.87. The van der Waals surface area contributed by atoms with Crippen molar-refractivity contribution in [3.8, 4) is 0 Å². The third-order valence-corrected chi connectivity index (χ3v) is 3.31. The summed E-state index contributed by atoms with van der Waals surface area (Å²) in [5.74, 6) is -0.312. The van der Waals surface area contributed by atoms with Crippen LogP contribution in [0.2, 0.25) is 0 Å². The fourth-order valence-corrected chi connectivity index (χ4v) is 2.22. The summed E-state index contributed by atoms with van der Waals surface area (Å²) in [7, 11) is 0. The summed E-state index contributed by atoms with van der Waals surface area (Å²) in [5, 5.41) is 0. The van der Waals surface area contributed by atoms with Crippen LogP contribution in [0.3, 0.4) is 0 Å². The van der Waals surface area contributed by atoms with Crippen molar-refractivity contribution in [2.45, 2.75) is 25.9 Å². The molecule has 1 heterocycles. The molecule has 0 saturated heterocycles. The molecule has 1 aromatic carbocycles. The van der Waals surface area contributed by atoms with Gasteiger partial charge in [0.2, 0.25) is 0 Å². The van der Waals surface area contributed by atoms with E-state index in [-0.39, 0.29) is 12.5 Å². The fourth-order valence-electron chi connectivity index (χ4n) is 2.22. The first-order valence-electron chi connectivity index (χ1n) is 6.83. The van der Waals surface area contributed by atoms with Gasteiger partial charge in [-0.05, 0) is 25.5 Å². The minimum Gasteiger partial charge on any atom is -0.449 e. The lowest BCUT2D eigenvalue weighted by molar-refractivity contribution is -0.137. The molecule has 0 spiro atoms. The van der Waals surface area contributed by atoms with E-state index in [4.69, 9.17) is 4.74 Å². The molecule has 22 heavy (non-hydrogen) atoms. The predicted octanol–water partition coefficient (Wildman–Crippen LogP) is 4.68. The SMILES string of the molecule is CCOC(=O)N1C=CC(c2cccc(C(F)(F)F)c2)C=C1C. The highest BCUT2D eigenvalue weighted by Gasteiger charge is 2.31. The van der Waals surface area contributed by atoms with Gasteiger partial charge in [-0.15, -0.1) is 0 Å². The first kappa shape index (κ1) is 16.1. The molecular formula is C16H16F3NO2. The van der Waals surface area contributed by atoms with E-state index in [1.54, 1.807) is 32.1 Å². The smallest absolute Gasteiger partial charge is 0.418 e. The van der Waals surface area contributed by atoms with E-state index in [1.807, 2.05) is 0 Å². The number of alkyl halides is 3. The second kappa shape index (κ2) is 6.25. The maximum atomic E-state index is 12.8. The lowest BCUT2D eigenvalue weighted by Gasteiger charge is -2.24. The molecule has 0 fully saturated rings. The number of rotatable bonds is 2. The van der Waals surface area contributed by atoms with Gasteiger partial charge in [0.1, 0.15) is 0 Å². The van der Waals surface area contributed by atoms with Gasteiger partial charge in [-0.1, -0.05) is 30.4 Å². The Bertz CT molecular complexity index is 620. The maximum Gasteiger partial charge on any atom is 0.418 e. The first-order valence-corrected chi connectivity index (χ1v) is 6.83. The minimum atomic E-state index is -4.37. The lowest BCUT2D eigenvalue weighted by atomic mass is 9.94. The van der Waals surface area contributed by atoms with Crippen LogP contribution in [0, 0.1) is 0 Å². The van der Waals surface area contributed by atoms with Gasteiger partial charge in [0.05, 0.1) is 12.2 Å². The van der Waals surface area contributed by atoms with E-state index in [9.17, 15) is 18.0 Å². The molecule has 1 aliphatic heterocycles. The summed E-state index contributed by atoms with van der Waals surface area (Å²) < 4.78 is 43.2. The number of carbonyl (C=O) groups is 1. The summed E-state index contributed by atoms with van der Waals surface area (Å²) in [4.78, 5) is 13.0. The number of allylic oxidation sites excluding steroid dienone is 3. The Labute approximate surface area is 126 Å². The Morgan fingerprint density at radius 3 is 2.68 bits per heavy atom. The van der Waals surface area contributed by atoms with E-state index in [0.717, 1.165) is 12.1 Å². The average molecular weight is 311 g/mol. The molecule has 1 aromatic rings. The van der Waals surface area contributed by atoms with Crippen molar-refractivity contribution in [2.24, 2.45) is 0 Å². The standard InChI is InChI=1S/C16H16F3NO2/c1-3-22-15(21)20-8-7-13(9-11(20)2)12-5-4-6-14(10-12)16(17,18)19/h4-10,13H,3H2,1-2H3. The molecule has 1 unspecified atom stereocenters. The highest BCUT2D eigenvalue weighted by atomic mass is 19.4. The maximum absolute atomic E-state index is 12.8. The molecule has 0 saturated carbocycles. The molecule has 0 radical (unpaired) electrons. The van der Waals surface area contributed by atoms with Crippen molar-refractivity contribution in [2.75, 3.05) is 6.61 Å². The molecule has 0 aliphatic carbocycles. The predicted molar refractivity (Wildman–Crippen MR) is 75.9 cm³/mol. The third kappa shape index (κ3) is 3.50. The summed E-state index contributed by atoms with van der Waals surface area (Å²) in [6.07, 6.45) is 0.0452. The number of hydrogen-bond donors (Lipinski definition) is 0. The minimum absolute atomic E-state index is 0.257. The van der Waals surface area contributed by atoms with Crippen LogP contribution < -0.4 is 0 Å². The summed E-state index contributed by atoms with van der Waals surface area (Å²) in [5.41, 5.74) is 0.453. The molecule has 1 atom stereocenters. The van der Waals surface area contributed by atoms with Gasteiger partial charge in [-0.25, -0.2) is 4.79 Å². The monoisotopic (exact) mass is 311 g/mol. The van der Waals surface area contributed by atoms with Crippen molar-refractivity contribution in [1.29, 1.82) is 0 Å². The number of amides is 1. The van der Waals surface area contributed by atoms with Crippen molar-refractivity contribution < 1.29 is 22.7 Å². The highest BCUT2D eigenvalue weighted by molar-refractivity contribution is 5.71. The Morgan fingerprint density at radius 2 is 2.09 bits per heavy atom. The van der Waals surface area contributed by atoms with Crippen LogP contribution in [-0.4, -0.2) is 17.6 Å². The molecule has 6 heteroatoms. The number of carbonyl (C=O) groups excluding carboxylic acids is 1. The summed E-state index contributed by atoms with van der Waals surface area (Å²) >= 11 is 0. The van der Waals surface area contributed by atoms with Gasteiger partial charge in [0.15, 0.2) is 0 Å². The largest absolute Gasteiger partial charge is 0.449 e. The van der Waals surface area contributed by atoms with Crippen LogP contribution in [0.25, 0.3) is 0 Å². The average Bonchev–Trinajstić information content (AvgIpc) is 2.46. The molecule has 118 valence electrons. The van der Waals surface area contributed by atoms with Gasteiger partial charge >= 0.3 is 12.3 Å². The van der Waals surface area contributed by atoms with E-state index in [0.29, 0.717) is 11.3 Å². The van der Waals surface area contributed by atoms with Crippen molar-refractivity contribution in [3.05, 3.63) is 59.4 Å². The second-order valence-electron chi connectivity index (χ2n) is 4.87. The van der Waals surface area contributed by atoms with E-state index in [2.05, 4.69) is 0 Å². The zero-order valence-corrected chi connectivity index (χ0v) is 12.2. The normalized spacial score (nSPS) is 18.1. The van der Waals surface area contributed by atoms with Crippen LogP contribution in [0.15, 0.2) is 48.3 Å². The molecule has 1 aliphatic rings.